The summed E-state index contributed by atoms with van der Waals surface area (Å²) >= 11 is 3.40. The van der Waals surface area contributed by atoms with Crippen molar-refractivity contribution in [2.75, 3.05) is 6.26 Å². The molecule has 0 spiro atoms. The van der Waals surface area contributed by atoms with Gasteiger partial charge in [-0.15, -0.1) is 10.2 Å². The van der Waals surface area contributed by atoms with Gasteiger partial charge in [0, 0.05) is 17.3 Å². The standard InChI is InChI=1S/C13H14BrN3OS/c1-19(18)13-16-15-10-17(13)9-3-2-4-11-5-7-12(14)8-6-11/h2,4-8,10H,3,9H2,1H3/b4-2-/t19-/m0/s1. The number of halogens is 1. The summed E-state index contributed by atoms with van der Waals surface area (Å²) in [6.45, 7) is 0.731. The van der Waals surface area contributed by atoms with E-state index in [4.69, 9.17) is 0 Å². The third-order valence-corrected chi connectivity index (χ3v) is 3.91. The second-order valence-corrected chi connectivity index (χ2v) is 6.19. The lowest BCUT2D eigenvalue weighted by atomic mass is 10.2. The molecule has 100 valence electrons. The van der Waals surface area contributed by atoms with E-state index in [1.54, 1.807) is 12.6 Å². The molecule has 0 unspecified atom stereocenters. The van der Waals surface area contributed by atoms with Crippen LogP contribution in [0.25, 0.3) is 6.08 Å². The quantitative estimate of drug-likeness (QED) is 0.841. The van der Waals surface area contributed by atoms with Crippen LogP contribution in [0.15, 0.2) is 46.3 Å². The van der Waals surface area contributed by atoms with Crippen molar-refractivity contribution in [1.82, 2.24) is 14.8 Å². The van der Waals surface area contributed by atoms with Crippen LogP contribution >= 0.6 is 15.9 Å². The molecule has 0 aliphatic carbocycles. The van der Waals surface area contributed by atoms with E-state index in [0.717, 1.165) is 23.0 Å². The number of aromatic nitrogens is 3. The van der Waals surface area contributed by atoms with Crippen LogP contribution in [-0.2, 0) is 17.3 Å². The van der Waals surface area contributed by atoms with Crippen molar-refractivity contribution in [2.24, 2.45) is 0 Å². The Kier molecular flexibility index (Phi) is 5.04. The summed E-state index contributed by atoms with van der Waals surface area (Å²) in [4.78, 5) is 0. The molecule has 0 N–H and O–H groups in total. The first-order valence-corrected chi connectivity index (χ1v) is 8.15. The van der Waals surface area contributed by atoms with Crippen molar-refractivity contribution in [3.63, 3.8) is 0 Å². The Morgan fingerprint density at radius 1 is 1.37 bits per heavy atom. The summed E-state index contributed by atoms with van der Waals surface area (Å²) in [5.41, 5.74) is 1.16. The summed E-state index contributed by atoms with van der Waals surface area (Å²) in [5.74, 6) is 0. The predicted octanol–water partition coefficient (Wildman–Crippen LogP) is 2.88. The van der Waals surface area contributed by atoms with Gasteiger partial charge in [-0.1, -0.05) is 40.2 Å². The molecule has 19 heavy (non-hydrogen) atoms. The highest BCUT2D eigenvalue weighted by molar-refractivity contribution is 9.10. The van der Waals surface area contributed by atoms with Gasteiger partial charge < -0.3 is 4.57 Å². The summed E-state index contributed by atoms with van der Waals surface area (Å²) in [7, 11) is -1.09. The molecule has 1 aromatic carbocycles. The summed E-state index contributed by atoms with van der Waals surface area (Å²) in [6.07, 6.45) is 8.23. The molecule has 2 aromatic rings. The minimum Gasteiger partial charge on any atom is -0.306 e. The zero-order chi connectivity index (χ0) is 13.7. The molecule has 0 fully saturated rings. The molecular weight excluding hydrogens is 326 g/mol. The second kappa shape index (κ2) is 6.77. The van der Waals surface area contributed by atoms with Gasteiger partial charge in [-0.05, 0) is 24.1 Å². The second-order valence-electron chi connectivity index (χ2n) is 4.00. The van der Waals surface area contributed by atoms with Crippen LogP contribution in [0.1, 0.15) is 12.0 Å². The first-order chi connectivity index (χ1) is 9.16. The van der Waals surface area contributed by atoms with Crippen molar-refractivity contribution in [1.29, 1.82) is 0 Å². The largest absolute Gasteiger partial charge is 0.306 e. The highest BCUT2D eigenvalue weighted by Gasteiger charge is 2.06. The van der Waals surface area contributed by atoms with Crippen LogP contribution in [0.3, 0.4) is 0 Å². The summed E-state index contributed by atoms with van der Waals surface area (Å²) in [6, 6.07) is 8.12. The van der Waals surface area contributed by atoms with Gasteiger partial charge in [-0.25, -0.2) is 0 Å². The Hall–Kier alpha value is -1.27. The van der Waals surface area contributed by atoms with Gasteiger partial charge in [0.25, 0.3) is 0 Å². The van der Waals surface area contributed by atoms with Crippen molar-refractivity contribution < 1.29 is 4.21 Å². The lowest BCUT2D eigenvalue weighted by molar-refractivity contribution is 0.621. The van der Waals surface area contributed by atoms with E-state index in [1.165, 1.54) is 0 Å². The minimum atomic E-state index is -1.09. The normalized spacial score (nSPS) is 12.9. The van der Waals surface area contributed by atoms with Crippen molar-refractivity contribution in [3.05, 3.63) is 46.7 Å². The van der Waals surface area contributed by atoms with E-state index in [-0.39, 0.29) is 0 Å². The van der Waals surface area contributed by atoms with E-state index in [0.29, 0.717) is 5.16 Å². The number of rotatable bonds is 5. The third-order valence-electron chi connectivity index (χ3n) is 2.55. The maximum atomic E-state index is 11.4. The SMILES string of the molecule is C[S@](=O)c1nncn1CC/C=C\c1ccc(Br)cc1. The molecule has 0 aliphatic heterocycles. The molecular formula is C13H14BrN3OS. The highest BCUT2D eigenvalue weighted by atomic mass is 79.9. The fourth-order valence-electron chi connectivity index (χ4n) is 1.63. The Labute approximate surface area is 123 Å². The first kappa shape index (κ1) is 14.1. The molecule has 2 rings (SSSR count). The number of nitrogens with zero attached hydrogens (tertiary/aromatic N) is 3. The zero-order valence-electron chi connectivity index (χ0n) is 10.5. The van der Waals surface area contributed by atoms with Crippen LogP contribution < -0.4 is 0 Å². The molecule has 0 amide bonds. The maximum Gasteiger partial charge on any atom is 0.221 e. The number of hydrogen-bond donors (Lipinski definition) is 0. The van der Waals surface area contributed by atoms with Crippen LogP contribution in [0, 0.1) is 0 Å². The van der Waals surface area contributed by atoms with Crippen LogP contribution in [-0.4, -0.2) is 25.2 Å². The molecule has 0 saturated carbocycles. The van der Waals surface area contributed by atoms with E-state index >= 15 is 0 Å². The van der Waals surface area contributed by atoms with E-state index in [9.17, 15) is 4.21 Å². The smallest absolute Gasteiger partial charge is 0.221 e. The average molecular weight is 340 g/mol. The molecule has 0 bridgehead atoms. The topological polar surface area (TPSA) is 47.8 Å². The van der Waals surface area contributed by atoms with Crippen molar-refractivity contribution in [2.45, 2.75) is 18.1 Å². The molecule has 1 atom stereocenters. The van der Waals surface area contributed by atoms with Gasteiger partial charge >= 0.3 is 0 Å². The minimum absolute atomic E-state index is 0.525. The molecule has 0 radical (unpaired) electrons. The monoisotopic (exact) mass is 339 g/mol. The Morgan fingerprint density at radius 2 is 2.11 bits per heavy atom. The lowest BCUT2D eigenvalue weighted by Gasteiger charge is -2.01. The van der Waals surface area contributed by atoms with Gasteiger partial charge in [0.05, 0.1) is 10.8 Å². The lowest BCUT2D eigenvalue weighted by Crippen LogP contribution is -2.03. The Balaban J connectivity index is 1.91. The number of aryl methyl sites for hydroxylation is 1. The van der Waals surface area contributed by atoms with Gasteiger partial charge in [0.1, 0.15) is 6.33 Å². The van der Waals surface area contributed by atoms with Gasteiger partial charge in [-0.2, -0.15) is 0 Å². The molecule has 1 heterocycles. The summed E-state index contributed by atoms with van der Waals surface area (Å²) in [5, 5.41) is 8.15. The molecule has 6 heteroatoms. The van der Waals surface area contributed by atoms with E-state index < -0.39 is 10.8 Å². The highest BCUT2D eigenvalue weighted by Crippen LogP contribution is 2.12. The first-order valence-electron chi connectivity index (χ1n) is 5.80. The Morgan fingerprint density at radius 3 is 2.79 bits per heavy atom. The fraction of sp³-hybridized carbons (Fsp3) is 0.231. The molecule has 0 aliphatic rings. The molecule has 0 saturated heterocycles. The molecule has 1 aromatic heterocycles. The average Bonchev–Trinajstić information content (AvgIpc) is 2.85. The van der Waals surface area contributed by atoms with Gasteiger partial charge in [0.2, 0.25) is 5.16 Å². The van der Waals surface area contributed by atoms with Crippen LogP contribution in [0.4, 0.5) is 0 Å². The van der Waals surface area contributed by atoms with Crippen molar-refractivity contribution in [3.8, 4) is 0 Å². The number of allylic oxidation sites excluding steroid dienone is 1. The van der Waals surface area contributed by atoms with E-state index in [2.05, 4.69) is 38.3 Å². The summed E-state index contributed by atoms with van der Waals surface area (Å²) < 4.78 is 14.3. The van der Waals surface area contributed by atoms with E-state index in [1.807, 2.05) is 28.8 Å². The zero-order valence-corrected chi connectivity index (χ0v) is 12.9. The van der Waals surface area contributed by atoms with Crippen molar-refractivity contribution >= 4 is 32.8 Å². The maximum absolute atomic E-state index is 11.4. The third kappa shape index (κ3) is 4.11. The van der Waals surface area contributed by atoms with Crippen LogP contribution in [0.5, 0.6) is 0 Å². The number of benzene rings is 1. The number of hydrogen-bond acceptors (Lipinski definition) is 3. The Bertz CT molecular complexity index is 592. The fourth-order valence-corrected chi connectivity index (χ4v) is 2.52. The van der Waals surface area contributed by atoms with Crippen LogP contribution in [0.2, 0.25) is 0 Å². The predicted molar refractivity (Wildman–Crippen MR) is 80.1 cm³/mol. The van der Waals surface area contributed by atoms with Gasteiger partial charge in [-0.3, -0.25) is 4.21 Å². The van der Waals surface area contributed by atoms with Gasteiger partial charge in [0.15, 0.2) is 0 Å². The molecule has 4 nitrogen and oxygen atoms in total.